The zero-order chi connectivity index (χ0) is 11.5. The van der Waals surface area contributed by atoms with Crippen molar-refractivity contribution in [3.05, 3.63) is 45.9 Å². The highest BCUT2D eigenvalue weighted by Gasteiger charge is 2.07. The summed E-state index contributed by atoms with van der Waals surface area (Å²) in [6.45, 7) is 0.153. The van der Waals surface area contributed by atoms with E-state index < -0.39 is 0 Å². The number of halogens is 1. The summed E-state index contributed by atoms with van der Waals surface area (Å²) >= 11 is 10.7. The molecule has 1 heterocycles. The summed E-state index contributed by atoms with van der Waals surface area (Å²) in [5.41, 5.74) is 0.598. The quantitative estimate of drug-likeness (QED) is 0.675. The molecule has 6 heteroatoms. The molecule has 0 fully saturated rings. The van der Waals surface area contributed by atoms with E-state index in [4.69, 9.17) is 23.8 Å². The van der Waals surface area contributed by atoms with Crippen molar-refractivity contribution in [2.45, 2.75) is 6.54 Å². The molecule has 0 aliphatic carbocycles. The maximum atomic E-state index is 11.8. The van der Waals surface area contributed by atoms with Gasteiger partial charge in [0.2, 0.25) is 4.77 Å². The first-order chi connectivity index (χ1) is 7.66. The van der Waals surface area contributed by atoms with Crippen LogP contribution in [-0.4, -0.2) is 20.5 Å². The van der Waals surface area contributed by atoms with E-state index >= 15 is 0 Å². The van der Waals surface area contributed by atoms with Crippen molar-refractivity contribution in [2.75, 3.05) is 0 Å². The lowest BCUT2D eigenvalue weighted by atomic mass is 10.1. The molecule has 0 amide bonds. The van der Waals surface area contributed by atoms with Crippen LogP contribution in [0.4, 0.5) is 0 Å². The van der Waals surface area contributed by atoms with Crippen LogP contribution < -0.4 is 0 Å². The van der Waals surface area contributed by atoms with Crippen LogP contribution in [-0.2, 0) is 6.54 Å². The molecule has 16 heavy (non-hydrogen) atoms. The number of hydrogen-bond donors (Lipinski definition) is 1. The molecule has 4 nitrogen and oxygen atoms in total. The van der Waals surface area contributed by atoms with Gasteiger partial charge in [-0.1, -0.05) is 11.6 Å². The van der Waals surface area contributed by atoms with Gasteiger partial charge in [0, 0.05) is 10.6 Å². The molecule has 0 radical (unpaired) electrons. The van der Waals surface area contributed by atoms with Gasteiger partial charge in [-0.25, -0.2) is 4.98 Å². The fourth-order valence-electron chi connectivity index (χ4n) is 1.26. The van der Waals surface area contributed by atoms with Crippen molar-refractivity contribution < 1.29 is 4.79 Å². The van der Waals surface area contributed by atoms with Crippen molar-refractivity contribution in [1.29, 1.82) is 0 Å². The van der Waals surface area contributed by atoms with Crippen molar-refractivity contribution in [3.63, 3.8) is 0 Å². The van der Waals surface area contributed by atoms with Gasteiger partial charge < -0.3 is 0 Å². The summed E-state index contributed by atoms with van der Waals surface area (Å²) in [6.07, 6.45) is 1.46. The fourth-order valence-corrected chi connectivity index (χ4v) is 1.56. The minimum atomic E-state index is -0.0444. The highest BCUT2D eigenvalue weighted by atomic mass is 35.5. The van der Waals surface area contributed by atoms with Crippen molar-refractivity contribution in [2.24, 2.45) is 0 Å². The normalized spacial score (nSPS) is 10.3. The second-order valence-electron chi connectivity index (χ2n) is 3.19. The number of Topliss-reactive ketones (excluding diaryl/α,β-unsaturated/α-hetero) is 1. The van der Waals surface area contributed by atoms with Gasteiger partial charge in [0.15, 0.2) is 5.78 Å². The van der Waals surface area contributed by atoms with Crippen LogP contribution in [0.2, 0.25) is 5.02 Å². The van der Waals surface area contributed by atoms with E-state index in [0.29, 0.717) is 15.4 Å². The Balaban J connectivity index is 2.18. The lowest BCUT2D eigenvalue weighted by Crippen LogP contribution is -2.11. The van der Waals surface area contributed by atoms with Crippen LogP contribution in [0.1, 0.15) is 10.4 Å². The van der Waals surface area contributed by atoms with E-state index in [2.05, 4.69) is 10.1 Å². The predicted molar refractivity (Wildman–Crippen MR) is 63.2 cm³/mol. The zero-order valence-corrected chi connectivity index (χ0v) is 9.76. The van der Waals surface area contributed by atoms with Crippen LogP contribution in [0.25, 0.3) is 0 Å². The minimum Gasteiger partial charge on any atom is -0.292 e. The summed E-state index contributed by atoms with van der Waals surface area (Å²) in [6, 6.07) is 6.73. The summed E-state index contributed by atoms with van der Waals surface area (Å²) < 4.78 is 1.87. The predicted octanol–water partition coefficient (Wildman–Crippen LogP) is 2.48. The number of nitrogens with one attached hydrogen (secondary N) is 1. The van der Waals surface area contributed by atoms with E-state index in [1.54, 1.807) is 24.3 Å². The van der Waals surface area contributed by atoms with E-state index in [0.717, 1.165) is 0 Å². The number of aromatic amines is 1. The zero-order valence-electron chi connectivity index (χ0n) is 8.18. The third-order valence-corrected chi connectivity index (χ3v) is 2.67. The number of ketones is 1. The number of carbonyl (C=O) groups is 1. The first-order valence-electron chi connectivity index (χ1n) is 4.56. The summed E-state index contributed by atoms with van der Waals surface area (Å²) in [7, 11) is 0. The van der Waals surface area contributed by atoms with Crippen LogP contribution in [0.3, 0.4) is 0 Å². The Bertz CT molecular complexity index is 558. The maximum Gasteiger partial charge on any atom is 0.216 e. The average Bonchev–Trinajstić information content (AvgIpc) is 2.65. The van der Waals surface area contributed by atoms with Gasteiger partial charge in [-0.2, -0.15) is 0 Å². The molecule has 0 aliphatic rings. The lowest BCUT2D eigenvalue weighted by molar-refractivity contribution is 0.0967. The van der Waals surface area contributed by atoms with Crippen molar-refractivity contribution in [3.8, 4) is 0 Å². The molecule has 0 aliphatic heterocycles. The Labute approximate surface area is 102 Å². The van der Waals surface area contributed by atoms with Crippen molar-refractivity contribution >= 4 is 29.6 Å². The number of aromatic nitrogens is 3. The van der Waals surface area contributed by atoms with E-state index in [-0.39, 0.29) is 12.3 Å². The van der Waals surface area contributed by atoms with E-state index in [1.165, 1.54) is 11.0 Å². The largest absolute Gasteiger partial charge is 0.292 e. The molecule has 0 unspecified atom stereocenters. The average molecular weight is 254 g/mol. The van der Waals surface area contributed by atoms with E-state index in [9.17, 15) is 4.79 Å². The van der Waals surface area contributed by atoms with E-state index in [1.807, 2.05) is 0 Å². The topological polar surface area (TPSA) is 50.7 Å². The molecule has 0 saturated heterocycles. The van der Waals surface area contributed by atoms with Gasteiger partial charge in [-0.05, 0) is 36.5 Å². The van der Waals surface area contributed by atoms with Gasteiger partial charge in [0.05, 0.1) is 0 Å². The van der Waals surface area contributed by atoms with Crippen LogP contribution in [0, 0.1) is 4.77 Å². The van der Waals surface area contributed by atoms with Gasteiger partial charge in [-0.15, -0.1) is 0 Å². The minimum absolute atomic E-state index is 0.0444. The lowest BCUT2D eigenvalue weighted by Gasteiger charge is -2.01. The van der Waals surface area contributed by atoms with Crippen LogP contribution in [0.15, 0.2) is 30.6 Å². The molecule has 0 atom stereocenters. The second-order valence-corrected chi connectivity index (χ2v) is 3.99. The van der Waals surface area contributed by atoms with Gasteiger partial charge in [0.25, 0.3) is 0 Å². The highest BCUT2D eigenvalue weighted by Crippen LogP contribution is 2.10. The smallest absolute Gasteiger partial charge is 0.216 e. The first-order valence-corrected chi connectivity index (χ1v) is 5.34. The highest BCUT2D eigenvalue weighted by molar-refractivity contribution is 7.71. The Morgan fingerprint density at radius 3 is 2.69 bits per heavy atom. The number of H-pyrrole nitrogens is 1. The number of benzene rings is 1. The SMILES string of the molecule is O=C(Cn1[nH]cnc1=S)c1ccc(Cl)cc1. The molecule has 1 N–H and O–H groups in total. The monoisotopic (exact) mass is 253 g/mol. The molecular weight excluding hydrogens is 246 g/mol. The van der Waals surface area contributed by atoms with Crippen LogP contribution >= 0.6 is 23.8 Å². The molecule has 1 aromatic heterocycles. The Morgan fingerprint density at radius 2 is 2.12 bits per heavy atom. The number of hydrogen-bond acceptors (Lipinski definition) is 3. The van der Waals surface area contributed by atoms with Gasteiger partial charge in [0.1, 0.15) is 12.9 Å². The summed E-state index contributed by atoms with van der Waals surface area (Å²) in [5, 5.41) is 3.38. The third-order valence-electron chi connectivity index (χ3n) is 2.09. The molecule has 2 aromatic rings. The molecular formula is C10H8ClN3OS. The molecule has 1 aromatic carbocycles. The third kappa shape index (κ3) is 2.37. The van der Waals surface area contributed by atoms with Gasteiger partial charge >= 0.3 is 0 Å². The van der Waals surface area contributed by atoms with Crippen LogP contribution in [0.5, 0.6) is 0 Å². The standard InChI is InChI=1S/C10H8ClN3OS/c11-8-3-1-7(2-4-8)9(15)5-14-10(16)12-6-13-14/h1-4,6H,5H2,(H,12,13,16). The molecule has 0 spiro atoms. The maximum absolute atomic E-state index is 11.8. The van der Waals surface area contributed by atoms with Gasteiger partial charge in [-0.3, -0.25) is 14.6 Å². The molecule has 0 saturated carbocycles. The van der Waals surface area contributed by atoms with Crippen molar-refractivity contribution in [1.82, 2.24) is 14.8 Å². The Hall–Kier alpha value is -1.46. The Kier molecular flexibility index (Phi) is 3.17. The molecule has 0 bridgehead atoms. The second kappa shape index (κ2) is 4.59. The number of rotatable bonds is 3. The Morgan fingerprint density at radius 1 is 1.44 bits per heavy atom. The number of carbonyl (C=O) groups excluding carboxylic acids is 1. The molecule has 2 rings (SSSR count). The number of nitrogens with zero attached hydrogens (tertiary/aromatic N) is 2. The molecule has 82 valence electrons. The first kappa shape index (κ1) is 11.0. The fraction of sp³-hybridized carbons (Fsp3) is 0.100. The summed E-state index contributed by atoms with van der Waals surface area (Å²) in [4.78, 5) is 15.6. The summed E-state index contributed by atoms with van der Waals surface area (Å²) in [5.74, 6) is -0.0444.